The minimum atomic E-state index is -1.23. The Balaban J connectivity index is 2.58. The van der Waals surface area contributed by atoms with E-state index in [-0.39, 0.29) is 25.0 Å². The molecule has 272 valence electrons. The smallest absolute Gasteiger partial charge is 0.408 e. The summed E-state index contributed by atoms with van der Waals surface area (Å²) in [6, 6.07) is 7.29. The molecule has 12 nitrogen and oxygen atoms in total. The monoisotopic (exact) mass is 686 g/mol. The van der Waals surface area contributed by atoms with Crippen molar-refractivity contribution < 1.29 is 47.8 Å². The van der Waals surface area contributed by atoms with Gasteiger partial charge in [0.05, 0.1) is 0 Å². The maximum atomic E-state index is 13.4. The Hall–Kier alpha value is -4.35. The van der Waals surface area contributed by atoms with Crippen LogP contribution in [-0.2, 0) is 47.9 Å². The van der Waals surface area contributed by atoms with E-state index >= 15 is 0 Å². The number of alkyl carbamates (subject to hydrolysis) is 2. The van der Waals surface area contributed by atoms with Gasteiger partial charge < -0.3 is 34.7 Å². The molecule has 0 spiro atoms. The van der Waals surface area contributed by atoms with Gasteiger partial charge in [0.1, 0.15) is 34.5 Å². The lowest BCUT2D eigenvalue weighted by molar-refractivity contribution is -0.689. The lowest BCUT2D eigenvalue weighted by Gasteiger charge is -2.27. The summed E-state index contributed by atoms with van der Waals surface area (Å²) < 4.78 is 23.9. The molecular formula is C37H56N3O9+. The number of aryl methyl sites for hydroxylation is 1. The predicted octanol–water partition coefficient (Wildman–Crippen LogP) is 5.67. The van der Waals surface area contributed by atoms with Gasteiger partial charge in [0.25, 0.3) is 0 Å². The van der Waals surface area contributed by atoms with Crippen LogP contribution in [0.1, 0.15) is 106 Å². The van der Waals surface area contributed by atoms with E-state index in [2.05, 4.69) is 10.6 Å². The van der Waals surface area contributed by atoms with E-state index in [1.54, 1.807) is 93.8 Å². The molecule has 0 aliphatic heterocycles. The third-order valence-electron chi connectivity index (χ3n) is 6.39. The highest BCUT2D eigenvalue weighted by atomic mass is 16.6. The van der Waals surface area contributed by atoms with E-state index in [4.69, 9.17) is 18.9 Å². The van der Waals surface area contributed by atoms with Crippen molar-refractivity contribution in [1.29, 1.82) is 0 Å². The maximum absolute atomic E-state index is 13.4. The summed E-state index contributed by atoms with van der Waals surface area (Å²) in [7, 11) is 0. The summed E-state index contributed by atoms with van der Waals surface area (Å²) in [5.41, 5.74) is -1.44. The Morgan fingerprint density at radius 2 is 1.12 bits per heavy atom. The molecule has 2 atom stereocenters. The molecule has 1 heterocycles. The predicted molar refractivity (Wildman–Crippen MR) is 184 cm³/mol. The first-order valence-corrected chi connectivity index (χ1v) is 16.5. The first-order valence-electron chi connectivity index (χ1n) is 16.5. The summed E-state index contributed by atoms with van der Waals surface area (Å²) in [6.07, 6.45) is 1.80. The number of carbonyl (C=O) groups is 4. The number of aromatic hydroxyl groups is 1. The molecular weight excluding hydrogens is 630 g/mol. The molecule has 0 aliphatic carbocycles. The summed E-state index contributed by atoms with van der Waals surface area (Å²) in [4.78, 5) is 52.4. The quantitative estimate of drug-likeness (QED) is 0.154. The van der Waals surface area contributed by atoms with E-state index in [9.17, 15) is 24.3 Å². The summed E-state index contributed by atoms with van der Waals surface area (Å²) in [5.74, 6) is -1.51. The molecule has 0 radical (unpaired) electrons. The van der Waals surface area contributed by atoms with Gasteiger partial charge in [0.15, 0.2) is 18.5 Å². The zero-order chi connectivity index (χ0) is 37.4. The minimum absolute atomic E-state index is 0.0620. The molecule has 0 unspecified atom stereocenters. The van der Waals surface area contributed by atoms with E-state index in [1.165, 1.54) is 6.20 Å². The van der Waals surface area contributed by atoms with Crippen LogP contribution in [0.5, 0.6) is 5.75 Å². The standard InChI is InChI=1S/C37H55N3O9/c1-34(2,3)46-30(42)27(38-32(44)48-36(7,8)9)19-18-25-22-40(21-24-16-14-13-15-17-24)23-29(41)26(25)20-28(31(43)47-35(4,5)6)39-33(45)49-37(10,11)12/h13-17,22-23,27-28H,18-21H2,1-12H3,(H2-,38,39,41,44,45)/p+1/t27-,28-/m1/s1. The molecule has 12 heteroatoms. The summed E-state index contributed by atoms with van der Waals surface area (Å²) >= 11 is 0. The van der Waals surface area contributed by atoms with Crippen LogP contribution in [0.25, 0.3) is 0 Å². The van der Waals surface area contributed by atoms with E-state index < -0.39 is 58.6 Å². The van der Waals surface area contributed by atoms with Crippen molar-refractivity contribution in [2.75, 3.05) is 0 Å². The zero-order valence-electron chi connectivity index (χ0n) is 31.2. The van der Waals surface area contributed by atoms with E-state index in [1.807, 2.05) is 30.3 Å². The third kappa shape index (κ3) is 16.1. The molecule has 2 aromatic rings. The number of pyridine rings is 1. The number of carbonyl (C=O) groups excluding carboxylic acids is 4. The number of benzene rings is 1. The number of rotatable bonds is 11. The first-order chi connectivity index (χ1) is 22.3. The molecule has 1 aromatic heterocycles. The van der Waals surface area contributed by atoms with Crippen LogP contribution in [0, 0.1) is 0 Å². The lowest BCUT2D eigenvalue weighted by atomic mass is 9.96. The molecule has 3 N–H and O–H groups in total. The second-order valence-corrected chi connectivity index (χ2v) is 16.0. The van der Waals surface area contributed by atoms with Crippen molar-refractivity contribution in [1.82, 2.24) is 10.6 Å². The average molecular weight is 687 g/mol. The van der Waals surface area contributed by atoms with Gasteiger partial charge in [0.2, 0.25) is 6.20 Å². The van der Waals surface area contributed by atoms with Gasteiger partial charge in [-0.15, -0.1) is 0 Å². The van der Waals surface area contributed by atoms with Crippen molar-refractivity contribution in [3.05, 3.63) is 59.4 Å². The Bertz CT molecular complexity index is 1450. The fourth-order valence-electron chi connectivity index (χ4n) is 4.64. The number of nitrogens with one attached hydrogen (secondary N) is 2. The third-order valence-corrected chi connectivity index (χ3v) is 6.39. The van der Waals surface area contributed by atoms with Crippen LogP contribution < -0.4 is 15.2 Å². The van der Waals surface area contributed by atoms with Crippen LogP contribution >= 0.6 is 0 Å². The van der Waals surface area contributed by atoms with Gasteiger partial charge in [-0.1, -0.05) is 30.3 Å². The van der Waals surface area contributed by atoms with Crippen LogP contribution in [-0.4, -0.2) is 63.7 Å². The number of hydrogen-bond acceptors (Lipinski definition) is 9. The van der Waals surface area contributed by atoms with Crippen molar-refractivity contribution in [2.24, 2.45) is 0 Å². The Labute approximate surface area is 290 Å². The number of aromatic nitrogens is 1. The molecule has 0 saturated carbocycles. The molecule has 0 fully saturated rings. The van der Waals surface area contributed by atoms with Crippen molar-refractivity contribution in [3.63, 3.8) is 0 Å². The summed E-state index contributed by atoms with van der Waals surface area (Å²) in [6.45, 7) is 21.0. The number of ether oxygens (including phenoxy) is 4. The van der Waals surface area contributed by atoms with Gasteiger partial charge in [0, 0.05) is 23.1 Å². The minimum Gasteiger partial charge on any atom is -0.503 e. The highest BCUT2D eigenvalue weighted by Gasteiger charge is 2.33. The average Bonchev–Trinajstić information content (AvgIpc) is 2.88. The maximum Gasteiger partial charge on any atom is 0.408 e. The van der Waals surface area contributed by atoms with Crippen LogP contribution in [0.15, 0.2) is 42.7 Å². The van der Waals surface area contributed by atoms with Crippen molar-refractivity contribution in [2.45, 2.75) is 143 Å². The molecule has 1 aromatic carbocycles. The molecule has 2 rings (SSSR count). The van der Waals surface area contributed by atoms with Gasteiger partial charge >= 0.3 is 24.1 Å². The van der Waals surface area contributed by atoms with Crippen molar-refractivity contribution in [3.8, 4) is 5.75 Å². The lowest BCUT2D eigenvalue weighted by Crippen LogP contribution is -2.47. The van der Waals surface area contributed by atoms with E-state index in [0.717, 1.165) is 5.56 Å². The fraction of sp³-hybridized carbons (Fsp3) is 0.595. The van der Waals surface area contributed by atoms with Gasteiger partial charge in [-0.3, -0.25) is 0 Å². The SMILES string of the molecule is CC(C)(C)OC(=O)N[C@H](CCc1c[n+](Cc2ccccc2)cc(O)c1C[C@@H](NC(=O)OC(C)(C)C)C(=O)OC(C)(C)C)C(=O)OC(C)(C)C. The van der Waals surface area contributed by atoms with Crippen LogP contribution in [0.2, 0.25) is 0 Å². The number of hydrogen-bond donors (Lipinski definition) is 3. The Morgan fingerprint density at radius 1 is 0.673 bits per heavy atom. The number of amides is 2. The molecule has 49 heavy (non-hydrogen) atoms. The van der Waals surface area contributed by atoms with Crippen molar-refractivity contribution >= 4 is 24.1 Å². The molecule has 0 aliphatic rings. The highest BCUT2D eigenvalue weighted by molar-refractivity contribution is 5.83. The molecule has 2 amide bonds. The first kappa shape index (κ1) is 40.8. The number of esters is 2. The zero-order valence-corrected chi connectivity index (χ0v) is 31.2. The molecule has 0 saturated heterocycles. The second kappa shape index (κ2) is 16.4. The van der Waals surface area contributed by atoms with E-state index in [0.29, 0.717) is 17.7 Å². The fourth-order valence-corrected chi connectivity index (χ4v) is 4.64. The topological polar surface area (TPSA) is 153 Å². The Kier molecular flexibility index (Phi) is 13.6. The largest absolute Gasteiger partial charge is 0.503 e. The second-order valence-electron chi connectivity index (χ2n) is 16.0. The van der Waals surface area contributed by atoms with Crippen LogP contribution in [0.3, 0.4) is 0 Å². The Morgan fingerprint density at radius 3 is 1.59 bits per heavy atom. The summed E-state index contributed by atoms with van der Waals surface area (Å²) in [5, 5.41) is 16.7. The van der Waals surface area contributed by atoms with Crippen LogP contribution in [0.4, 0.5) is 9.59 Å². The van der Waals surface area contributed by atoms with Gasteiger partial charge in [-0.05, 0) is 95.9 Å². The number of nitrogens with zero attached hydrogens (tertiary/aromatic N) is 1. The normalized spacial score (nSPS) is 13.5. The van der Waals surface area contributed by atoms with Gasteiger partial charge in [-0.2, -0.15) is 4.57 Å². The van der Waals surface area contributed by atoms with Gasteiger partial charge in [-0.25, -0.2) is 19.2 Å². The molecule has 0 bridgehead atoms. The highest BCUT2D eigenvalue weighted by Crippen LogP contribution is 2.25.